The minimum absolute atomic E-state index is 0.533. The summed E-state index contributed by atoms with van der Waals surface area (Å²) in [7, 11) is 0. The Kier molecular flexibility index (Phi) is 1.96. The predicted octanol–water partition coefficient (Wildman–Crippen LogP) is 0.872. The normalized spacial score (nSPS) is 12.9. The monoisotopic (exact) mass is 191 g/mol. The van der Waals surface area contributed by atoms with Gasteiger partial charge in [-0.05, 0) is 19.1 Å². The fourth-order valence-corrected chi connectivity index (χ4v) is 1.35. The predicted molar refractivity (Wildman–Crippen MR) is 49.9 cm³/mol. The molecule has 0 aliphatic carbocycles. The molecular formula is C10H11N2O2+. The molecule has 0 spiro atoms. The van der Waals surface area contributed by atoms with E-state index in [0.717, 1.165) is 5.52 Å². The van der Waals surface area contributed by atoms with Crippen molar-refractivity contribution in [1.29, 1.82) is 0 Å². The first kappa shape index (κ1) is 8.74. The van der Waals surface area contributed by atoms with Crippen molar-refractivity contribution in [2.75, 3.05) is 0 Å². The number of nitrogens with zero attached hydrogens (tertiary/aromatic N) is 2. The number of carboxylic acid groups (broad SMARTS) is 1. The molecule has 4 nitrogen and oxygen atoms in total. The molecule has 0 fully saturated rings. The highest BCUT2D eigenvalue weighted by molar-refractivity contribution is 5.69. The SMILES string of the molecule is C[C@@H](C(=O)O)[n+]1cc2ccccn2c1. The van der Waals surface area contributed by atoms with Crippen LogP contribution < -0.4 is 4.57 Å². The van der Waals surface area contributed by atoms with Crippen LogP contribution in [0, 0.1) is 0 Å². The average molecular weight is 191 g/mol. The zero-order valence-electron chi connectivity index (χ0n) is 7.79. The van der Waals surface area contributed by atoms with Gasteiger partial charge in [0.2, 0.25) is 6.33 Å². The van der Waals surface area contributed by atoms with E-state index in [4.69, 9.17) is 5.11 Å². The Balaban J connectivity index is 2.50. The number of hydrogen-bond acceptors (Lipinski definition) is 1. The lowest BCUT2D eigenvalue weighted by Crippen LogP contribution is -2.40. The van der Waals surface area contributed by atoms with Gasteiger partial charge in [-0.15, -0.1) is 0 Å². The molecular weight excluding hydrogens is 180 g/mol. The summed E-state index contributed by atoms with van der Waals surface area (Å²) in [5, 5.41) is 8.83. The van der Waals surface area contributed by atoms with Crippen LogP contribution in [-0.2, 0) is 4.79 Å². The van der Waals surface area contributed by atoms with Crippen molar-refractivity contribution in [2.24, 2.45) is 0 Å². The third-order valence-corrected chi connectivity index (χ3v) is 2.27. The molecule has 0 aliphatic rings. The fraction of sp³-hybridized carbons (Fsp3) is 0.200. The van der Waals surface area contributed by atoms with Crippen LogP contribution in [0.5, 0.6) is 0 Å². The molecule has 0 radical (unpaired) electrons. The molecule has 2 heterocycles. The Bertz CT molecular complexity index is 443. The molecule has 0 saturated heterocycles. The summed E-state index contributed by atoms with van der Waals surface area (Å²) in [6.45, 7) is 1.65. The Morgan fingerprint density at radius 3 is 3.00 bits per heavy atom. The smallest absolute Gasteiger partial charge is 0.349 e. The first-order valence-electron chi connectivity index (χ1n) is 4.39. The average Bonchev–Trinajstić information content (AvgIpc) is 2.59. The lowest BCUT2D eigenvalue weighted by atomic mass is 10.3. The summed E-state index contributed by atoms with van der Waals surface area (Å²) >= 11 is 0. The van der Waals surface area contributed by atoms with E-state index in [2.05, 4.69) is 0 Å². The van der Waals surface area contributed by atoms with E-state index in [1.807, 2.05) is 35.0 Å². The minimum Gasteiger partial charge on any atom is -0.478 e. The van der Waals surface area contributed by atoms with Crippen molar-refractivity contribution in [3.8, 4) is 0 Å². The lowest BCUT2D eigenvalue weighted by molar-refractivity contribution is -0.706. The van der Waals surface area contributed by atoms with Crippen LogP contribution in [0.3, 0.4) is 0 Å². The Hall–Kier alpha value is -1.84. The largest absolute Gasteiger partial charge is 0.478 e. The van der Waals surface area contributed by atoms with Gasteiger partial charge in [0.1, 0.15) is 6.20 Å². The maximum absolute atomic E-state index is 10.7. The first-order chi connectivity index (χ1) is 6.68. The van der Waals surface area contributed by atoms with E-state index in [1.54, 1.807) is 17.8 Å². The van der Waals surface area contributed by atoms with Crippen molar-refractivity contribution < 1.29 is 14.5 Å². The number of rotatable bonds is 2. The van der Waals surface area contributed by atoms with Crippen LogP contribution in [0.25, 0.3) is 5.52 Å². The summed E-state index contributed by atoms with van der Waals surface area (Å²) in [4.78, 5) is 10.7. The zero-order valence-corrected chi connectivity index (χ0v) is 7.79. The van der Waals surface area contributed by atoms with E-state index in [1.165, 1.54) is 0 Å². The van der Waals surface area contributed by atoms with Crippen molar-refractivity contribution in [3.63, 3.8) is 0 Å². The Morgan fingerprint density at radius 1 is 1.57 bits per heavy atom. The maximum atomic E-state index is 10.7. The van der Waals surface area contributed by atoms with Crippen LogP contribution in [-0.4, -0.2) is 15.5 Å². The molecule has 0 saturated carbocycles. The summed E-state index contributed by atoms with van der Waals surface area (Å²) in [6.07, 6.45) is 5.48. The number of hydrogen-bond donors (Lipinski definition) is 1. The van der Waals surface area contributed by atoms with Crippen LogP contribution in [0.15, 0.2) is 36.9 Å². The molecule has 1 N–H and O–H groups in total. The summed E-state index contributed by atoms with van der Waals surface area (Å²) in [5.41, 5.74) is 0.987. The van der Waals surface area contributed by atoms with E-state index in [9.17, 15) is 4.79 Å². The molecule has 0 bridgehead atoms. The van der Waals surface area contributed by atoms with Crippen LogP contribution in [0.2, 0.25) is 0 Å². The van der Waals surface area contributed by atoms with Gasteiger partial charge in [0.25, 0.3) is 0 Å². The van der Waals surface area contributed by atoms with Gasteiger partial charge in [0.15, 0.2) is 11.6 Å². The zero-order chi connectivity index (χ0) is 10.1. The molecule has 1 atom stereocenters. The van der Waals surface area contributed by atoms with Crippen molar-refractivity contribution in [2.45, 2.75) is 13.0 Å². The van der Waals surface area contributed by atoms with Gasteiger partial charge in [-0.1, -0.05) is 6.07 Å². The quantitative estimate of drug-likeness (QED) is 0.716. The molecule has 2 aromatic rings. The van der Waals surface area contributed by atoms with Gasteiger partial charge in [0.05, 0.1) is 6.20 Å². The van der Waals surface area contributed by atoms with E-state index in [-0.39, 0.29) is 0 Å². The van der Waals surface area contributed by atoms with Crippen molar-refractivity contribution >= 4 is 11.5 Å². The second-order valence-electron chi connectivity index (χ2n) is 3.24. The Morgan fingerprint density at radius 2 is 2.36 bits per heavy atom. The molecule has 2 aromatic heterocycles. The third-order valence-electron chi connectivity index (χ3n) is 2.27. The van der Waals surface area contributed by atoms with E-state index in [0.29, 0.717) is 0 Å². The highest BCUT2D eigenvalue weighted by atomic mass is 16.4. The number of carbonyl (C=O) groups is 1. The number of pyridine rings is 1. The van der Waals surface area contributed by atoms with Gasteiger partial charge in [-0.25, -0.2) is 13.8 Å². The molecule has 4 heteroatoms. The van der Waals surface area contributed by atoms with Gasteiger partial charge >= 0.3 is 5.97 Å². The second kappa shape index (κ2) is 3.14. The van der Waals surface area contributed by atoms with Gasteiger partial charge in [0, 0.05) is 0 Å². The summed E-state index contributed by atoms with van der Waals surface area (Å²) in [5.74, 6) is -0.828. The summed E-state index contributed by atoms with van der Waals surface area (Å²) in [6, 6.07) is 5.23. The lowest BCUT2D eigenvalue weighted by Gasteiger charge is -1.98. The molecule has 0 amide bonds. The maximum Gasteiger partial charge on any atom is 0.349 e. The molecule has 0 unspecified atom stereocenters. The highest BCUT2D eigenvalue weighted by Crippen LogP contribution is 2.02. The van der Waals surface area contributed by atoms with Gasteiger partial charge in [-0.2, -0.15) is 0 Å². The van der Waals surface area contributed by atoms with E-state index < -0.39 is 12.0 Å². The number of fused-ring (bicyclic) bond motifs is 1. The number of aromatic nitrogens is 2. The van der Waals surface area contributed by atoms with Crippen LogP contribution in [0.4, 0.5) is 0 Å². The number of aliphatic carboxylic acids is 1. The van der Waals surface area contributed by atoms with Crippen LogP contribution in [0.1, 0.15) is 13.0 Å². The summed E-state index contributed by atoms with van der Waals surface area (Å²) < 4.78 is 3.57. The number of imidazole rings is 1. The Labute approximate surface area is 81.0 Å². The van der Waals surface area contributed by atoms with Crippen LogP contribution >= 0.6 is 0 Å². The number of carboxylic acids is 1. The fourth-order valence-electron chi connectivity index (χ4n) is 1.35. The molecule has 0 aromatic carbocycles. The minimum atomic E-state index is -0.828. The van der Waals surface area contributed by atoms with Gasteiger partial charge in [-0.3, -0.25) is 0 Å². The van der Waals surface area contributed by atoms with Crippen molar-refractivity contribution in [1.82, 2.24) is 4.40 Å². The first-order valence-corrected chi connectivity index (χ1v) is 4.39. The molecule has 72 valence electrons. The second-order valence-corrected chi connectivity index (χ2v) is 3.24. The molecule has 0 aliphatic heterocycles. The molecule has 14 heavy (non-hydrogen) atoms. The highest BCUT2D eigenvalue weighted by Gasteiger charge is 2.19. The molecule has 2 rings (SSSR count). The third kappa shape index (κ3) is 1.35. The topological polar surface area (TPSA) is 45.6 Å². The van der Waals surface area contributed by atoms with Crippen molar-refractivity contribution in [3.05, 3.63) is 36.9 Å². The standard InChI is InChI=1S/C10H10N2O2/c1-8(10(13)14)12-6-9-4-2-3-5-11(9)7-12/h2-8H,1H3/p+1/t8-/m0/s1. The van der Waals surface area contributed by atoms with E-state index >= 15 is 0 Å². The van der Waals surface area contributed by atoms with Gasteiger partial charge < -0.3 is 5.11 Å².